The summed E-state index contributed by atoms with van der Waals surface area (Å²) in [5.41, 5.74) is 5.19. The Morgan fingerprint density at radius 2 is 1.68 bits per heavy atom. The summed E-state index contributed by atoms with van der Waals surface area (Å²) < 4.78 is 12.8. The number of aryl methyl sites for hydroxylation is 3. The van der Waals surface area contributed by atoms with Gasteiger partial charge in [0.25, 0.3) is 0 Å². The van der Waals surface area contributed by atoms with Gasteiger partial charge in [-0.3, -0.25) is 0 Å². The molecule has 4 nitrogen and oxygen atoms in total. The van der Waals surface area contributed by atoms with Crippen LogP contribution in [0.1, 0.15) is 50.8 Å². The third-order valence-electron chi connectivity index (χ3n) is 4.57. The van der Waals surface area contributed by atoms with E-state index >= 15 is 0 Å². The lowest BCUT2D eigenvalue weighted by molar-refractivity contribution is -0.221. The Labute approximate surface area is 151 Å². The van der Waals surface area contributed by atoms with E-state index in [1.54, 1.807) is 6.92 Å². The Balaban J connectivity index is 2.47. The zero-order chi connectivity index (χ0) is 18.8. The van der Waals surface area contributed by atoms with Crippen LogP contribution in [0.15, 0.2) is 35.6 Å². The molecule has 0 amide bonds. The summed E-state index contributed by atoms with van der Waals surface area (Å²) in [4.78, 5) is 0. The van der Waals surface area contributed by atoms with Crippen LogP contribution in [-0.4, -0.2) is 23.2 Å². The van der Waals surface area contributed by atoms with E-state index in [-0.39, 0.29) is 6.10 Å². The van der Waals surface area contributed by atoms with Gasteiger partial charge in [-0.1, -0.05) is 30.7 Å². The van der Waals surface area contributed by atoms with Gasteiger partial charge in [0.15, 0.2) is 0 Å². The summed E-state index contributed by atoms with van der Waals surface area (Å²) in [7, 11) is 0. The molecule has 2 N–H and O–H groups in total. The predicted octanol–water partition coefficient (Wildman–Crippen LogP) is 4.27. The minimum absolute atomic E-state index is 0.340. The number of nitrogens with one attached hydrogen (secondary N) is 1. The lowest BCUT2D eigenvalue weighted by Crippen LogP contribution is -2.57. The number of aliphatic hydroxyl groups excluding tert-OH is 1. The van der Waals surface area contributed by atoms with Crippen molar-refractivity contribution in [2.24, 2.45) is 0 Å². The van der Waals surface area contributed by atoms with Gasteiger partial charge < -0.3 is 19.9 Å². The van der Waals surface area contributed by atoms with Crippen LogP contribution in [0.4, 0.5) is 0 Å². The van der Waals surface area contributed by atoms with Crippen LogP contribution in [-0.2, 0) is 4.74 Å². The monoisotopic (exact) mass is 345 g/mol. The van der Waals surface area contributed by atoms with E-state index in [9.17, 15) is 5.11 Å². The number of aliphatic hydroxyl groups is 1. The molecule has 1 aliphatic rings. The van der Waals surface area contributed by atoms with E-state index in [2.05, 4.69) is 24.4 Å². The molecule has 0 saturated heterocycles. The number of benzene rings is 1. The molecule has 0 fully saturated rings. The molecule has 0 radical (unpaired) electrons. The Morgan fingerprint density at radius 1 is 1.08 bits per heavy atom. The van der Waals surface area contributed by atoms with E-state index < -0.39 is 12.0 Å². The topological polar surface area (TPSA) is 50.7 Å². The van der Waals surface area contributed by atoms with E-state index in [4.69, 9.17) is 9.47 Å². The minimum Gasteiger partial charge on any atom is -0.440 e. The molecule has 3 unspecified atom stereocenters. The van der Waals surface area contributed by atoms with Crippen LogP contribution in [0.3, 0.4) is 0 Å². The largest absolute Gasteiger partial charge is 0.440 e. The Hall–Kier alpha value is -1.78. The highest BCUT2D eigenvalue weighted by Crippen LogP contribution is 2.34. The molecule has 1 aromatic rings. The third kappa shape index (κ3) is 4.25. The van der Waals surface area contributed by atoms with Gasteiger partial charge in [0.1, 0.15) is 5.75 Å². The lowest BCUT2D eigenvalue weighted by atomic mass is 10.1. The van der Waals surface area contributed by atoms with Crippen LogP contribution in [0, 0.1) is 20.8 Å². The number of hydrogen-bond donors (Lipinski definition) is 2. The van der Waals surface area contributed by atoms with E-state index in [0.717, 1.165) is 28.1 Å². The number of ether oxygens (including phenoxy) is 2. The van der Waals surface area contributed by atoms with Gasteiger partial charge in [-0.2, -0.15) is 0 Å². The second kappa shape index (κ2) is 7.63. The SMILES string of the molecule is CCC(OC1(Oc2c(C)cc(C)cc2C)NC(C)=CC=C1C)C(C)O. The summed E-state index contributed by atoms with van der Waals surface area (Å²) in [5, 5.41) is 13.4. The first-order chi connectivity index (χ1) is 11.7. The Kier molecular flexibility index (Phi) is 5.96. The van der Waals surface area contributed by atoms with Crippen molar-refractivity contribution < 1.29 is 14.6 Å². The molecule has 0 saturated carbocycles. The molecule has 1 aliphatic heterocycles. The van der Waals surface area contributed by atoms with Crippen molar-refractivity contribution in [3.8, 4) is 5.75 Å². The van der Waals surface area contributed by atoms with E-state index in [1.165, 1.54) is 5.56 Å². The molecular formula is C21H31NO3. The summed E-state index contributed by atoms with van der Waals surface area (Å²) in [6, 6.07) is 4.21. The summed E-state index contributed by atoms with van der Waals surface area (Å²) in [6.45, 7) is 13.9. The molecule has 3 atom stereocenters. The fraction of sp³-hybridized carbons (Fsp3) is 0.524. The maximum Gasteiger partial charge on any atom is 0.316 e. The minimum atomic E-state index is -1.12. The van der Waals surface area contributed by atoms with Crippen molar-refractivity contribution in [3.05, 3.63) is 52.2 Å². The van der Waals surface area contributed by atoms with Crippen molar-refractivity contribution in [1.29, 1.82) is 0 Å². The van der Waals surface area contributed by atoms with Gasteiger partial charge in [-0.15, -0.1) is 0 Å². The van der Waals surface area contributed by atoms with Gasteiger partial charge >= 0.3 is 5.91 Å². The van der Waals surface area contributed by atoms with Crippen molar-refractivity contribution in [2.75, 3.05) is 0 Å². The fourth-order valence-electron chi connectivity index (χ4n) is 3.22. The molecule has 0 aromatic heterocycles. The summed E-state index contributed by atoms with van der Waals surface area (Å²) in [6.07, 6.45) is 3.75. The van der Waals surface area contributed by atoms with Gasteiger partial charge in [0.05, 0.1) is 12.2 Å². The number of dihydropyridines is 1. The first kappa shape index (κ1) is 19.5. The smallest absolute Gasteiger partial charge is 0.316 e. The fourth-order valence-corrected chi connectivity index (χ4v) is 3.22. The highest BCUT2D eigenvalue weighted by molar-refractivity contribution is 5.44. The van der Waals surface area contributed by atoms with Crippen LogP contribution >= 0.6 is 0 Å². The van der Waals surface area contributed by atoms with Gasteiger partial charge in [-0.05, 0) is 65.2 Å². The average Bonchev–Trinajstić information content (AvgIpc) is 2.52. The molecule has 0 aliphatic carbocycles. The zero-order valence-corrected chi connectivity index (χ0v) is 16.4. The highest BCUT2D eigenvalue weighted by atomic mass is 16.7. The maximum absolute atomic E-state index is 10.1. The van der Waals surface area contributed by atoms with Gasteiger partial charge in [0.2, 0.25) is 0 Å². The first-order valence-corrected chi connectivity index (χ1v) is 8.95. The molecular weight excluding hydrogens is 314 g/mol. The number of hydrogen-bond acceptors (Lipinski definition) is 4. The first-order valence-electron chi connectivity index (χ1n) is 8.95. The number of rotatable bonds is 6. The van der Waals surface area contributed by atoms with Gasteiger partial charge in [0, 0.05) is 11.3 Å². The third-order valence-corrected chi connectivity index (χ3v) is 4.57. The molecule has 0 bridgehead atoms. The second-order valence-electron chi connectivity index (χ2n) is 7.08. The van der Waals surface area contributed by atoms with Crippen molar-refractivity contribution in [2.45, 2.75) is 73.0 Å². The highest BCUT2D eigenvalue weighted by Gasteiger charge is 2.41. The molecule has 0 spiro atoms. The zero-order valence-electron chi connectivity index (χ0n) is 16.4. The molecule has 2 rings (SSSR count). The summed E-state index contributed by atoms with van der Waals surface area (Å²) in [5.74, 6) is -0.317. The Morgan fingerprint density at radius 3 is 2.20 bits per heavy atom. The molecule has 138 valence electrons. The second-order valence-corrected chi connectivity index (χ2v) is 7.08. The van der Waals surface area contributed by atoms with E-state index in [0.29, 0.717) is 6.42 Å². The standard InChI is InChI=1S/C21H31NO3/c1-8-19(18(7)23)24-21(16(5)9-10-17(6)22-21)25-20-14(3)11-13(2)12-15(20)4/h9-12,18-19,22-23H,8H2,1-7H3. The average molecular weight is 345 g/mol. The Bertz CT molecular complexity index is 667. The molecule has 1 heterocycles. The van der Waals surface area contributed by atoms with Crippen molar-refractivity contribution in [1.82, 2.24) is 5.32 Å². The van der Waals surface area contributed by atoms with Crippen LogP contribution in [0.25, 0.3) is 0 Å². The predicted molar refractivity (Wildman–Crippen MR) is 102 cm³/mol. The van der Waals surface area contributed by atoms with Crippen molar-refractivity contribution >= 4 is 0 Å². The van der Waals surface area contributed by atoms with E-state index in [1.807, 2.05) is 46.8 Å². The maximum atomic E-state index is 10.1. The van der Waals surface area contributed by atoms with Gasteiger partial charge in [-0.25, -0.2) is 0 Å². The van der Waals surface area contributed by atoms with Crippen LogP contribution in [0.2, 0.25) is 0 Å². The van der Waals surface area contributed by atoms with Crippen LogP contribution < -0.4 is 10.1 Å². The van der Waals surface area contributed by atoms with Crippen molar-refractivity contribution in [3.63, 3.8) is 0 Å². The normalized spacial score (nSPS) is 22.6. The molecule has 1 aromatic carbocycles. The number of allylic oxidation sites excluding steroid dienone is 3. The molecule has 25 heavy (non-hydrogen) atoms. The lowest BCUT2D eigenvalue weighted by Gasteiger charge is -2.41. The van der Waals surface area contributed by atoms with Crippen LogP contribution in [0.5, 0.6) is 5.75 Å². The summed E-state index contributed by atoms with van der Waals surface area (Å²) >= 11 is 0. The quantitative estimate of drug-likeness (QED) is 0.756. The molecule has 4 heteroatoms.